The number of carbonyl (C=O) groups is 1. The molecule has 1 aromatic rings. The number of nitrogens with zero attached hydrogens (tertiary/aromatic N) is 2. The second kappa shape index (κ2) is 6.48. The quantitative estimate of drug-likeness (QED) is 0.855. The SMILES string of the molecule is CN1CCN(C(=O)COc2ccc(C(C)(C)C)cc2)CC1. The molecule has 2 rings (SSSR count). The van der Waals surface area contributed by atoms with Crippen LogP contribution in [0.2, 0.25) is 0 Å². The van der Waals surface area contributed by atoms with Crippen molar-refractivity contribution >= 4 is 5.91 Å². The van der Waals surface area contributed by atoms with Gasteiger partial charge in [0, 0.05) is 26.2 Å². The van der Waals surface area contributed by atoms with Crippen molar-refractivity contribution in [2.75, 3.05) is 39.8 Å². The number of carbonyl (C=O) groups excluding carboxylic acids is 1. The molecule has 21 heavy (non-hydrogen) atoms. The van der Waals surface area contributed by atoms with Crippen LogP contribution in [0.25, 0.3) is 0 Å². The van der Waals surface area contributed by atoms with Crippen molar-refractivity contribution in [3.05, 3.63) is 29.8 Å². The van der Waals surface area contributed by atoms with Gasteiger partial charge in [0.1, 0.15) is 5.75 Å². The average Bonchev–Trinajstić information content (AvgIpc) is 2.45. The summed E-state index contributed by atoms with van der Waals surface area (Å²) >= 11 is 0. The smallest absolute Gasteiger partial charge is 0.260 e. The van der Waals surface area contributed by atoms with Gasteiger partial charge in [0.2, 0.25) is 0 Å². The second-order valence-electron chi connectivity index (χ2n) is 6.75. The predicted octanol–water partition coefficient (Wildman–Crippen LogP) is 2.14. The molecule has 0 radical (unpaired) electrons. The Bertz CT molecular complexity index is 469. The molecular formula is C17H26N2O2. The van der Waals surface area contributed by atoms with E-state index in [9.17, 15) is 4.79 Å². The number of likely N-dealkylation sites (N-methyl/N-ethyl adjacent to an activating group) is 1. The van der Waals surface area contributed by atoms with Gasteiger partial charge in [0.05, 0.1) is 0 Å². The molecule has 1 heterocycles. The van der Waals surface area contributed by atoms with Crippen LogP contribution in [0, 0.1) is 0 Å². The molecule has 0 aliphatic carbocycles. The number of hydrogen-bond donors (Lipinski definition) is 0. The van der Waals surface area contributed by atoms with Gasteiger partial charge in [-0.05, 0) is 30.2 Å². The highest BCUT2D eigenvalue weighted by Gasteiger charge is 2.19. The van der Waals surface area contributed by atoms with Crippen LogP contribution in [-0.4, -0.2) is 55.5 Å². The molecule has 1 aromatic carbocycles. The fraction of sp³-hybridized carbons (Fsp3) is 0.588. The highest BCUT2D eigenvalue weighted by atomic mass is 16.5. The third-order valence-electron chi connectivity index (χ3n) is 3.94. The lowest BCUT2D eigenvalue weighted by Crippen LogP contribution is -2.48. The first kappa shape index (κ1) is 15.8. The summed E-state index contributed by atoms with van der Waals surface area (Å²) in [5.41, 5.74) is 1.40. The van der Waals surface area contributed by atoms with E-state index < -0.39 is 0 Å². The number of ether oxygens (including phenoxy) is 1. The number of benzene rings is 1. The van der Waals surface area contributed by atoms with E-state index >= 15 is 0 Å². The monoisotopic (exact) mass is 290 g/mol. The first-order valence-corrected chi connectivity index (χ1v) is 7.56. The Hall–Kier alpha value is -1.55. The summed E-state index contributed by atoms with van der Waals surface area (Å²) in [5, 5.41) is 0. The lowest BCUT2D eigenvalue weighted by Gasteiger charge is -2.32. The van der Waals surface area contributed by atoms with Gasteiger partial charge in [-0.25, -0.2) is 0 Å². The van der Waals surface area contributed by atoms with Gasteiger partial charge in [-0.2, -0.15) is 0 Å². The number of piperazine rings is 1. The van der Waals surface area contributed by atoms with Crippen molar-refractivity contribution in [1.29, 1.82) is 0 Å². The van der Waals surface area contributed by atoms with Crippen LogP contribution >= 0.6 is 0 Å². The second-order valence-corrected chi connectivity index (χ2v) is 6.75. The zero-order valence-corrected chi connectivity index (χ0v) is 13.6. The molecule has 1 fully saturated rings. The van der Waals surface area contributed by atoms with Crippen molar-refractivity contribution < 1.29 is 9.53 Å². The minimum Gasteiger partial charge on any atom is -0.484 e. The summed E-state index contributed by atoms with van der Waals surface area (Å²) in [4.78, 5) is 16.2. The predicted molar refractivity (Wildman–Crippen MR) is 84.7 cm³/mol. The Morgan fingerprint density at radius 1 is 1.10 bits per heavy atom. The van der Waals surface area contributed by atoms with E-state index in [1.807, 2.05) is 17.0 Å². The highest BCUT2D eigenvalue weighted by molar-refractivity contribution is 5.77. The molecule has 4 nitrogen and oxygen atoms in total. The topological polar surface area (TPSA) is 32.8 Å². The van der Waals surface area contributed by atoms with Crippen LogP contribution in [-0.2, 0) is 10.2 Å². The molecule has 0 unspecified atom stereocenters. The van der Waals surface area contributed by atoms with E-state index in [2.05, 4.69) is 44.9 Å². The van der Waals surface area contributed by atoms with E-state index in [1.165, 1.54) is 5.56 Å². The maximum absolute atomic E-state index is 12.1. The van der Waals surface area contributed by atoms with Crippen molar-refractivity contribution in [1.82, 2.24) is 9.80 Å². The maximum Gasteiger partial charge on any atom is 0.260 e. The van der Waals surface area contributed by atoms with Gasteiger partial charge in [-0.1, -0.05) is 32.9 Å². The lowest BCUT2D eigenvalue weighted by atomic mass is 9.87. The third-order valence-corrected chi connectivity index (χ3v) is 3.94. The van der Waals surface area contributed by atoms with Crippen LogP contribution in [0.5, 0.6) is 5.75 Å². The lowest BCUT2D eigenvalue weighted by molar-refractivity contribution is -0.134. The van der Waals surface area contributed by atoms with Crippen LogP contribution in [0.1, 0.15) is 26.3 Å². The molecule has 0 spiro atoms. The van der Waals surface area contributed by atoms with Crippen LogP contribution in [0.4, 0.5) is 0 Å². The normalized spacial score (nSPS) is 16.9. The van der Waals surface area contributed by atoms with Gasteiger partial charge in [-0.3, -0.25) is 4.79 Å². The van der Waals surface area contributed by atoms with Crippen LogP contribution in [0.15, 0.2) is 24.3 Å². The summed E-state index contributed by atoms with van der Waals surface area (Å²) in [5.74, 6) is 0.827. The summed E-state index contributed by atoms with van der Waals surface area (Å²) in [7, 11) is 2.08. The molecule has 0 atom stereocenters. The van der Waals surface area contributed by atoms with E-state index in [0.717, 1.165) is 31.9 Å². The van der Waals surface area contributed by atoms with Gasteiger partial charge >= 0.3 is 0 Å². The summed E-state index contributed by atoms with van der Waals surface area (Å²) in [6.45, 7) is 10.1. The fourth-order valence-corrected chi connectivity index (χ4v) is 2.34. The molecular weight excluding hydrogens is 264 g/mol. The fourth-order valence-electron chi connectivity index (χ4n) is 2.34. The first-order valence-electron chi connectivity index (χ1n) is 7.56. The van der Waals surface area contributed by atoms with Gasteiger partial charge in [-0.15, -0.1) is 0 Å². The Morgan fingerprint density at radius 2 is 1.67 bits per heavy atom. The Labute approximate surface area is 127 Å². The average molecular weight is 290 g/mol. The molecule has 4 heteroatoms. The maximum atomic E-state index is 12.1. The van der Waals surface area contributed by atoms with E-state index in [-0.39, 0.29) is 17.9 Å². The van der Waals surface area contributed by atoms with Crippen molar-refractivity contribution in [3.8, 4) is 5.75 Å². The summed E-state index contributed by atoms with van der Waals surface area (Å²) in [6, 6.07) is 8.01. The molecule has 0 aromatic heterocycles. The van der Waals surface area contributed by atoms with Gasteiger partial charge < -0.3 is 14.5 Å². The van der Waals surface area contributed by atoms with E-state index in [0.29, 0.717) is 0 Å². The molecule has 0 saturated carbocycles. The Kier molecular flexibility index (Phi) is 4.88. The minimum atomic E-state index is 0.0722. The molecule has 1 saturated heterocycles. The minimum absolute atomic E-state index is 0.0722. The first-order chi connectivity index (χ1) is 9.86. The van der Waals surface area contributed by atoms with Crippen molar-refractivity contribution in [2.24, 2.45) is 0 Å². The molecule has 1 aliphatic rings. The Morgan fingerprint density at radius 3 is 2.19 bits per heavy atom. The van der Waals surface area contributed by atoms with Crippen molar-refractivity contribution in [2.45, 2.75) is 26.2 Å². The number of rotatable bonds is 3. The van der Waals surface area contributed by atoms with E-state index in [4.69, 9.17) is 4.74 Å². The largest absolute Gasteiger partial charge is 0.484 e. The Balaban J connectivity index is 1.84. The summed E-state index contributed by atoms with van der Waals surface area (Å²) < 4.78 is 5.61. The highest BCUT2D eigenvalue weighted by Crippen LogP contribution is 2.24. The van der Waals surface area contributed by atoms with E-state index in [1.54, 1.807) is 0 Å². The zero-order chi connectivity index (χ0) is 15.5. The molecule has 1 amide bonds. The summed E-state index contributed by atoms with van der Waals surface area (Å²) in [6.07, 6.45) is 0. The standard InChI is InChI=1S/C17H26N2O2/c1-17(2,3)14-5-7-15(8-6-14)21-13-16(20)19-11-9-18(4)10-12-19/h5-8H,9-13H2,1-4H3. The van der Waals surface area contributed by atoms with Crippen molar-refractivity contribution in [3.63, 3.8) is 0 Å². The van der Waals surface area contributed by atoms with Gasteiger partial charge in [0.15, 0.2) is 6.61 Å². The zero-order valence-electron chi connectivity index (χ0n) is 13.6. The number of hydrogen-bond acceptors (Lipinski definition) is 3. The molecule has 0 bridgehead atoms. The number of amides is 1. The van der Waals surface area contributed by atoms with Crippen LogP contribution < -0.4 is 4.74 Å². The third kappa shape index (κ3) is 4.46. The molecule has 0 N–H and O–H groups in total. The molecule has 1 aliphatic heterocycles. The van der Waals surface area contributed by atoms with Crippen LogP contribution in [0.3, 0.4) is 0 Å². The van der Waals surface area contributed by atoms with Gasteiger partial charge in [0.25, 0.3) is 5.91 Å². The molecule has 116 valence electrons.